The number of benzene rings is 1. The molecule has 2 rings (SSSR count). The zero-order chi connectivity index (χ0) is 10.1. The highest BCUT2D eigenvalue weighted by Gasteiger charge is 2.06. The van der Waals surface area contributed by atoms with Gasteiger partial charge in [0.1, 0.15) is 11.3 Å². The highest BCUT2D eigenvalue weighted by atomic mass is 16.3. The van der Waals surface area contributed by atoms with Gasteiger partial charge in [-0.05, 0) is 32.9 Å². The fraction of sp³-hybridized carbons (Fsp3) is 0.231. The molecule has 0 aliphatic heterocycles. The lowest BCUT2D eigenvalue weighted by Gasteiger charge is -1.90. The second kappa shape index (κ2) is 3.33. The fourth-order valence-electron chi connectivity index (χ4n) is 1.59. The van der Waals surface area contributed by atoms with Gasteiger partial charge >= 0.3 is 0 Å². The van der Waals surface area contributed by atoms with E-state index in [1.54, 1.807) is 0 Å². The summed E-state index contributed by atoms with van der Waals surface area (Å²) in [5.41, 5.74) is 3.45. The maximum atomic E-state index is 5.73. The summed E-state index contributed by atoms with van der Waals surface area (Å²) in [6, 6.07) is 8.13. The first-order valence-corrected chi connectivity index (χ1v) is 4.81. The number of allylic oxidation sites excluding steroid dienone is 1. The molecule has 0 fully saturated rings. The molecule has 1 nitrogen and oxygen atoms in total. The zero-order valence-electron chi connectivity index (χ0n) is 8.79. The first-order chi connectivity index (χ1) is 6.68. The van der Waals surface area contributed by atoms with E-state index in [0.717, 1.165) is 11.3 Å². The van der Waals surface area contributed by atoms with Crippen LogP contribution in [0.15, 0.2) is 34.3 Å². The van der Waals surface area contributed by atoms with Crippen LogP contribution < -0.4 is 0 Å². The van der Waals surface area contributed by atoms with Gasteiger partial charge in [-0.15, -0.1) is 0 Å². The molecule has 1 aromatic heterocycles. The average molecular weight is 186 g/mol. The Balaban J connectivity index is 2.69. The summed E-state index contributed by atoms with van der Waals surface area (Å²) in [7, 11) is 0. The molecule has 0 bridgehead atoms. The van der Waals surface area contributed by atoms with Crippen molar-refractivity contribution in [2.75, 3.05) is 0 Å². The van der Waals surface area contributed by atoms with E-state index in [0.29, 0.717) is 0 Å². The molecule has 0 saturated heterocycles. The lowest BCUT2D eigenvalue weighted by molar-refractivity contribution is 0.600. The summed E-state index contributed by atoms with van der Waals surface area (Å²) in [6.45, 7) is 6.25. The Morgan fingerprint density at radius 3 is 2.57 bits per heavy atom. The van der Waals surface area contributed by atoms with Crippen molar-refractivity contribution in [2.45, 2.75) is 20.8 Å². The lowest BCUT2D eigenvalue weighted by Crippen LogP contribution is -1.72. The molecule has 0 atom stereocenters. The number of rotatable bonds is 1. The molecule has 1 heteroatoms. The molecule has 2 aromatic rings. The number of para-hydroxylation sites is 1. The molecule has 0 radical (unpaired) electrons. The quantitative estimate of drug-likeness (QED) is 0.651. The predicted molar refractivity (Wildman–Crippen MR) is 60.3 cm³/mol. The smallest absolute Gasteiger partial charge is 0.135 e. The first-order valence-electron chi connectivity index (χ1n) is 4.81. The number of hydrogen-bond acceptors (Lipinski definition) is 1. The van der Waals surface area contributed by atoms with Gasteiger partial charge in [-0.25, -0.2) is 0 Å². The van der Waals surface area contributed by atoms with Gasteiger partial charge < -0.3 is 4.42 Å². The van der Waals surface area contributed by atoms with Crippen LogP contribution in [0.2, 0.25) is 0 Å². The molecule has 0 unspecified atom stereocenters. The Bertz CT molecular complexity index is 485. The van der Waals surface area contributed by atoms with Gasteiger partial charge in [0.25, 0.3) is 0 Å². The highest BCUT2D eigenvalue weighted by Crippen LogP contribution is 2.26. The SMILES string of the molecule is CC(C)=Cc1oc2ccccc2c1C. The Kier molecular flexibility index (Phi) is 2.16. The molecule has 0 spiro atoms. The molecule has 1 aromatic carbocycles. The second-order valence-electron chi connectivity index (χ2n) is 3.81. The summed E-state index contributed by atoms with van der Waals surface area (Å²) >= 11 is 0. The van der Waals surface area contributed by atoms with Crippen LogP contribution in [0, 0.1) is 6.92 Å². The Labute approximate surface area is 84.0 Å². The van der Waals surface area contributed by atoms with Gasteiger partial charge in [-0.1, -0.05) is 23.8 Å². The van der Waals surface area contributed by atoms with Gasteiger partial charge in [0, 0.05) is 10.9 Å². The van der Waals surface area contributed by atoms with Crippen LogP contribution in [0.1, 0.15) is 25.2 Å². The minimum absolute atomic E-state index is 0.970. The molecule has 1 heterocycles. The van der Waals surface area contributed by atoms with Crippen molar-refractivity contribution >= 4 is 17.0 Å². The molecule has 0 N–H and O–H groups in total. The maximum Gasteiger partial charge on any atom is 0.135 e. The molecule has 0 saturated carbocycles. The molecule has 72 valence electrons. The molecular weight excluding hydrogens is 172 g/mol. The van der Waals surface area contributed by atoms with E-state index in [2.05, 4.69) is 32.9 Å². The van der Waals surface area contributed by atoms with Crippen LogP contribution in [-0.4, -0.2) is 0 Å². The monoisotopic (exact) mass is 186 g/mol. The Morgan fingerprint density at radius 1 is 1.21 bits per heavy atom. The van der Waals surface area contributed by atoms with Crippen molar-refractivity contribution < 1.29 is 4.42 Å². The number of fused-ring (bicyclic) bond motifs is 1. The summed E-state index contributed by atoms with van der Waals surface area (Å²) in [6.07, 6.45) is 2.08. The fourth-order valence-corrected chi connectivity index (χ4v) is 1.59. The minimum Gasteiger partial charge on any atom is -0.456 e. The van der Waals surface area contributed by atoms with Gasteiger partial charge in [0.05, 0.1) is 0 Å². The van der Waals surface area contributed by atoms with Gasteiger partial charge in [0.15, 0.2) is 0 Å². The van der Waals surface area contributed by atoms with Crippen molar-refractivity contribution in [1.82, 2.24) is 0 Å². The van der Waals surface area contributed by atoms with Crippen molar-refractivity contribution in [3.63, 3.8) is 0 Å². The molecule has 0 aliphatic rings. The largest absolute Gasteiger partial charge is 0.456 e. The molecule has 0 amide bonds. The van der Waals surface area contributed by atoms with E-state index in [1.165, 1.54) is 16.5 Å². The van der Waals surface area contributed by atoms with Crippen molar-refractivity contribution in [2.24, 2.45) is 0 Å². The highest BCUT2D eigenvalue weighted by molar-refractivity contribution is 5.84. The van der Waals surface area contributed by atoms with Crippen LogP contribution in [0.25, 0.3) is 17.0 Å². The van der Waals surface area contributed by atoms with E-state index in [9.17, 15) is 0 Å². The summed E-state index contributed by atoms with van der Waals surface area (Å²) in [4.78, 5) is 0. The Morgan fingerprint density at radius 2 is 1.93 bits per heavy atom. The van der Waals surface area contributed by atoms with E-state index < -0.39 is 0 Å². The van der Waals surface area contributed by atoms with Gasteiger partial charge in [-0.3, -0.25) is 0 Å². The Hall–Kier alpha value is -1.50. The van der Waals surface area contributed by atoms with Crippen LogP contribution >= 0.6 is 0 Å². The number of aryl methyl sites for hydroxylation is 1. The van der Waals surface area contributed by atoms with Crippen molar-refractivity contribution in [3.8, 4) is 0 Å². The predicted octanol–water partition coefficient (Wildman–Crippen LogP) is 4.16. The maximum absolute atomic E-state index is 5.73. The third-order valence-corrected chi connectivity index (χ3v) is 2.30. The zero-order valence-corrected chi connectivity index (χ0v) is 8.79. The molecular formula is C13H14O. The standard InChI is InChI=1S/C13H14O/c1-9(2)8-13-10(3)11-6-4-5-7-12(11)14-13/h4-8H,1-3H3. The molecule has 14 heavy (non-hydrogen) atoms. The summed E-state index contributed by atoms with van der Waals surface area (Å²) in [5, 5.41) is 1.21. The average Bonchev–Trinajstić information content (AvgIpc) is 2.44. The normalized spacial score (nSPS) is 10.5. The van der Waals surface area contributed by atoms with Gasteiger partial charge in [-0.2, -0.15) is 0 Å². The third-order valence-electron chi connectivity index (χ3n) is 2.30. The summed E-state index contributed by atoms with van der Waals surface area (Å²) < 4.78 is 5.73. The minimum atomic E-state index is 0.970. The van der Waals surface area contributed by atoms with Crippen LogP contribution in [0.4, 0.5) is 0 Å². The first kappa shape index (κ1) is 9.07. The van der Waals surface area contributed by atoms with E-state index in [-0.39, 0.29) is 0 Å². The second-order valence-corrected chi connectivity index (χ2v) is 3.81. The third kappa shape index (κ3) is 1.46. The van der Waals surface area contributed by atoms with E-state index in [4.69, 9.17) is 4.42 Å². The van der Waals surface area contributed by atoms with E-state index >= 15 is 0 Å². The lowest BCUT2D eigenvalue weighted by atomic mass is 10.1. The van der Waals surface area contributed by atoms with Crippen LogP contribution in [0.3, 0.4) is 0 Å². The van der Waals surface area contributed by atoms with Crippen molar-refractivity contribution in [3.05, 3.63) is 41.2 Å². The number of hydrogen-bond donors (Lipinski definition) is 0. The van der Waals surface area contributed by atoms with Crippen molar-refractivity contribution in [1.29, 1.82) is 0 Å². The topological polar surface area (TPSA) is 13.1 Å². The number of furan rings is 1. The van der Waals surface area contributed by atoms with E-state index in [1.807, 2.05) is 18.2 Å². The van der Waals surface area contributed by atoms with Gasteiger partial charge in [0.2, 0.25) is 0 Å². The summed E-state index contributed by atoms with van der Waals surface area (Å²) in [5.74, 6) is 0.978. The molecule has 0 aliphatic carbocycles. The van der Waals surface area contributed by atoms with Crippen LogP contribution in [-0.2, 0) is 0 Å². The van der Waals surface area contributed by atoms with Crippen LogP contribution in [0.5, 0.6) is 0 Å².